The van der Waals surface area contributed by atoms with E-state index in [1.165, 1.54) is 10.5 Å². The first-order valence-corrected chi connectivity index (χ1v) is 4.60. The van der Waals surface area contributed by atoms with Gasteiger partial charge in [0.15, 0.2) is 0 Å². The highest BCUT2D eigenvalue weighted by molar-refractivity contribution is 6.30. The van der Waals surface area contributed by atoms with Gasteiger partial charge in [0.05, 0.1) is 7.05 Å². The van der Waals surface area contributed by atoms with Crippen molar-refractivity contribution in [3.8, 4) is 12.0 Å². The minimum Gasteiger partial charge on any atom is -1.00 e. The van der Waals surface area contributed by atoms with Gasteiger partial charge in [0.25, 0.3) is 0 Å². The quantitative estimate of drug-likeness (QED) is 0.580. The topological polar surface area (TPSA) is 4.44 Å². The fourth-order valence-corrected chi connectivity index (χ4v) is 1.29. The van der Waals surface area contributed by atoms with Crippen LogP contribution in [0.4, 0.5) is 0 Å². The Morgan fingerprint density at radius 3 is 2.36 bits per heavy atom. The Morgan fingerprint density at radius 1 is 1.29 bits per heavy atom. The summed E-state index contributed by atoms with van der Waals surface area (Å²) in [6, 6.07) is 10.9. The second-order valence-electron chi connectivity index (χ2n) is 2.96. The minimum absolute atomic E-state index is 0. The van der Waals surface area contributed by atoms with Crippen molar-refractivity contribution in [1.29, 1.82) is 0 Å². The summed E-state index contributed by atoms with van der Waals surface area (Å²) >= 11 is 5.77. The van der Waals surface area contributed by atoms with E-state index in [2.05, 4.69) is 12.0 Å². The molecule has 1 aromatic rings. The fraction of sp³-hybridized carbons (Fsp3) is 0.273. The van der Waals surface area contributed by atoms with Gasteiger partial charge in [-0.2, -0.15) is 0 Å². The van der Waals surface area contributed by atoms with Crippen LogP contribution in [0.3, 0.4) is 0 Å². The molecule has 0 radical (unpaired) electrons. The first-order chi connectivity index (χ1) is 6.22. The molecule has 1 atom stereocenters. The molecule has 0 saturated carbocycles. The molecule has 0 amide bonds. The van der Waals surface area contributed by atoms with Crippen LogP contribution in [-0.2, 0) is 6.54 Å². The van der Waals surface area contributed by atoms with Crippen LogP contribution in [0.5, 0.6) is 0 Å². The van der Waals surface area contributed by atoms with E-state index in [1.807, 2.05) is 38.2 Å². The third-order valence-electron chi connectivity index (χ3n) is 1.72. The van der Waals surface area contributed by atoms with Crippen LogP contribution in [0.25, 0.3) is 0 Å². The van der Waals surface area contributed by atoms with E-state index < -0.39 is 0 Å². The second kappa shape index (κ2) is 6.73. The van der Waals surface area contributed by atoms with E-state index in [-0.39, 0.29) is 12.4 Å². The molecule has 14 heavy (non-hydrogen) atoms. The summed E-state index contributed by atoms with van der Waals surface area (Å²) in [6.07, 6.45) is 0. The largest absolute Gasteiger partial charge is 1.00 e. The van der Waals surface area contributed by atoms with Gasteiger partial charge in [-0.3, -0.25) is 4.90 Å². The highest BCUT2D eigenvalue weighted by Gasteiger charge is 1.99. The Labute approximate surface area is 96.5 Å². The van der Waals surface area contributed by atoms with Crippen LogP contribution >= 0.6 is 11.6 Å². The summed E-state index contributed by atoms with van der Waals surface area (Å²) in [5, 5.41) is 0.781. The second-order valence-corrected chi connectivity index (χ2v) is 3.40. The lowest BCUT2D eigenvalue weighted by molar-refractivity contribution is -0.822. The van der Waals surface area contributed by atoms with Crippen molar-refractivity contribution < 1.29 is 17.3 Å². The summed E-state index contributed by atoms with van der Waals surface area (Å²) in [7, 11) is 2.05. The number of quaternary nitrogens is 1. The van der Waals surface area contributed by atoms with E-state index in [9.17, 15) is 0 Å². The number of halogens is 2. The van der Waals surface area contributed by atoms with Crippen LogP contribution in [0.1, 0.15) is 12.5 Å². The third-order valence-corrected chi connectivity index (χ3v) is 1.97. The zero-order valence-corrected chi connectivity index (χ0v) is 9.78. The lowest BCUT2D eigenvalue weighted by Crippen LogP contribution is -3.03. The molecule has 76 valence electrons. The standard InChI is InChI=1S/C11H12ClN.ClH/c1-3-8-13(2)9-10-4-6-11(12)7-5-10;/h4-7H,9H2,1-2H3;1H. The van der Waals surface area contributed by atoms with Gasteiger partial charge in [-0.05, 0) is 18.1 Å². The molecule has 0 heterocycles. The summed E-state index contributed by atoms with van der Waals surface area (Å²) in [5.41, 5.74) is 1.25. The Balaban J connectivity index is 0.00000169. The minimum atomic E-state index is 0. The van der Waals surface area contributed by atoms with Crippen molar-refractivity contribution >= 4 is 11.6 Å². The predicted octanol–water partition coefficient (Wildman–Crippen LogP) is -1.66. The molecule has 0 saturated heterocycles. The van der Waals surface area contributed by atoms with Crippen LogP contribution in [0.15, 0.2) is 24.3 Å². The molecule has 0 aromatic heterocycles. The average Bonchev–Trinajstić information content (AvgIpc) is 2.09. The Hall–Kier alpha value is -0.680. The lowest BCUT2D eigenvalue weighted by atomic mass is 10.2. The van der Waals surface area contributed by atoms with Gasteiger partial charge in [-0.25, -0.2) is 0 Å². The first kappa shape index (κ1) is 13.3. The molecule has 0 aliphatic rings. The SMILES string of the molecule is CC#C[NH+](C)Cc1ccc(Cl)cc1.[Cl-]. The van der Waals surface area contributed by atoms with Crippen molar-refractivity contribution in [3.63, 3.8) is 0 Å². The highest BCUT2D eigenvalue weighted by Crippen LogP contribution is 2.08. The monoisotopic (exact) mass is 229 g/mol. The molecule has 1 aromatic carbocycles. The number of benzene rings is 1. The third kappa shape index (κ3) is 4.53. The van der Waals surface area contributed by atoms with Gasteiger partial charge in [-0.1, -0.05) is 23.7 Å². The number of hydrogen-bond acceptors (Lipinski definition) is 0. The highest BCUT2D eigenvalue weighted by atomic mass is 35.5. The van der Waals surface area contributed by atoms with E-state index in [1.54, 1.807) is 0 Å². The Morgan fingerprint density at radius 2 is 1.86 bits per heavy atom. The number of hydrogen-bond donors (Lipinski definition) is 1. The zero-order valence-electron chi connectivity index (χ0n) is 8.27. The Bertz CT molecular complexity index is 321. The number of nitrogens with one attached hydrogen (secondary N) is 1. The molecule has 1 unspecified atom stereocenters. The number of rotatable bonds is 2. The van der Waals surface area contributed by atoms with Crippen LogP contribution in [0.2, 0.25) is 5.02 Å². The maximum Gasteiger partial charge on any atom is 0.135 e. The van der Waals surface area contributed by atoms with Crippen molar-refractivity contribution in [2.24, 2.45) is 0 Å². The van der Waals surface area contributed by atoms with E-state index in [0.29, 0.717) is 0 Å². The molecule has 0 aliphatic heterocycles. The normalized spacial score (nSPS) is 10.8. The molecular formula is C11H13Cl2N. The van der Waals surface area contributed by atoms with Gasteiger partial charge in [-0.15, -0.1) is 0 Å². The van der Waals surface area contributed by atoms with Crippen LogP contribution < -0.4 is 17.3 Å². The van der Waals surface area contributed by atoms with E-state index in [4.69, 9.17) is 11.6 Å². The van der Waals surface area contributed by atoms with Gasteiger partial charge in [0, 0.05) is 17.5 Å². The first-order valence-electron chi connectivity index (χ1n) is 4.22. The predicted molar refractivity (Wildman–Crippen MR) is 55.5 cm³/mol. The van der Waals surface area contributed by atoms with Gasteiger partial charge in [0.2, 0.25) is 0 Å². The molecule has 1 rings (SSSR count). The van der Waals surface area contributed by atoms with E-state index in [0.717, 1.165) is 11.6 Å². The van der Waals surface area contributed by atoms with Gasteiger partial charge < -0.3 is 12.4 Å². The Kier molecular flexibility index (Phi) is 6.40. The van der Waals surface area contributed by atoms with E-state index >= 15 is 0 Å². The van der Waals surface area contributed by atoms with Crippen LogP contribution in [-0.4, -0.2) is 7.05 Å². The van der Waals surface area contributed by atoms with Crippen molar-refractivity contribution in [2.75, 3.05) is 7.05 Å². The summed E-state index contributed by atoms with van der Waals surface area (Å²) in [4.78, 5) is 1.19. The summed E-state index contributed by atoms with van der Waals surface area (Å²) in [6.45, 7) is 2.77. The molecule has 1 N–H and O–H groups in total. The maximum atomic E-state index is 5.77. The molecule has 1 nitrogen and oxygen atoms in total. The zero-order chi connectivity index (χ0) is 9.68. The van der Waals surface area contributed by atoms with Crippen molar-refractivity contribution in [2.45, 2.75) is 13.5 Å². The van der Waals surface area contributed by atoms with Gasteiger partial charge >= 0.3 is 0 Å². The maximum absolute atomic E-state index is 5.77. The van der Waals surface area contributed by atoms with Crippen LogP contribution in [0, 0.1) is 12.0 Å². The molecule has 3 heteroatoms. The molecular weight excluding hydrogens is 217 g/mol. The smallest absolute Gasteiger partial charge is 0.135 e. The fourth-order valence-electron chi connectivity index (χ4n) is 1.17. The molecule has 0 aliphatic carbocycles. The molecule has 0 bridgehead atoms. The summed E-state index contributed by atoms with van der Waals surface area (Å²) in [5.74, 6) is 2.89. The lowest BCUT2D eigenvalue weighted by Gasteiger charge is -2.04. The van der Waals surface area contributed by atoms with Crippen molar-refractivity contribution in [1.82, 2.24) is 0 Å². The van der Waals surface area contributed by atoms with Gasteiger partial charge in [0.1, 0.15) is 12.6 Å². The summed E-state index contributed by atoms with van der Waals surface area (Å²) < 4.78 is 0. The average molecular weight is 230 g/mol. The molecule has 0 fully saturated rings. The molecule has 0 spiro atoms. The van der Waals surface area contributed by atoms with Crippen molar-refractivity contribution in [3.05, 3.63) is 34.9 Å².